The van der Waals surface area contributed by atoms with Crippen molar-refractivity contribution in [3.05, 3.63) is 76.3 Å². The van der Waals surface area contributed by atoms with Gasteiger partial charge in [-0.2, -0.15) is 18.2 Å². The summed E-state index contributed by atoms with van der Waals surface area (Å²) in [5, 5.41) is 0. The maximum Gasteiger partial charge on any atom is 0.393 e. The Morgan fingerprint density at radius 1 is 1.14 bits per heavy atom. The van der Waals surface area contributed by atoms with Crippen LogP contribution in [-0.4, -0.2) is 54.4 Å². The van der Waals surface area contributed by atoms with E-state index in [-0.39, 0.29) is 29.0 Å². The number of alkyl halides is 3. The first-order valence-corrected chi connectivity index (χ1v) is 15.2. The number of aromatic nitrogens is 2. The van der Waals surface area contributed by atoms with Gasteiger partial charge in [0.2, 0.25) is 11.8 Å². The largest absolute Gasteiger partial charge is 0.439 e. The fourth-order valence-corrected chi connectivity index (χ4v) is 5.67. The molecule has 4 rings (SSSR count). The number of anilines is 1. The van der Waals surface area contributed by atoms with E-state index in [0.29, 0.717) is 28.6 Å². The summed E-state index contributed by atoms with van der Waals surface area (Å²) in [6, 6.07) is 15.0. The van der Waals surface area contributed by atoms with E-state index in [1.54, 1.807) is 37.5 Å². The molecule has 0 bridgehead atoms. The van der Waals surface area contributed by atoms with Crippen molar-refractivity contribution in [1.29, 1.82) is 0 Å². The smallest absolute Gasteiger partial charge is 0.393 e. The summed E-state index contributed by atoms with van der Waals surface area (Å²) in [6.45, 7) is 6.20. The Balaban J connectivity index is 1.78. The molecule has 1 fully saturated rings. The van der Waals surface area contributed by atoms with Gasteiger partial charge < -0.3 is 15.4 Å². The molecule has 0 amide bonds. The molecular formula is C32H39F3N6OS. The van der Waals surface area contributed by atoms with Crippen LogP contribution in [0.3, 0.4) is 0 Å². The van der Waals surface area contributed by atoms with Gasteiger partial charge in [0.15, 0.2) is 0 Å². The molecule has 0 atom stereocenters. The molecule has 11 heteroatoms. The number of nitrogens with two attached hydrogens (primary N) is 1. The number of likely N-dealkylation sites (tertiary alicyclic amines) is 1. The number of piperidine rings is 1. The molecule has 1 saturated heterocycles. The fourth-order valence-electron chi connectivity index (χ4n) is 5.14. The van der Waals surface area contributed by atoms with E-state index >= 15 is 0 Å². The minimum atomic E-state index is -4.52. The van der Waals surface area contributed by atoms with Crippen LogP contribution in [0.1, 0.15) is 49.3 Å². The van der Waals surface area contributed by atoms with Crippen LogP contribution in [0.5, 0.6) is 11.6 Å². The van der Waals surface area contributed by atoms with Crippen molar-refractivity contribution in [3.63, 3.8) is 0 Å². The van der Waals surface area contributed by atoms with Crippen molar-refractivity contribution >= 4 is 24.1 Å². The number of hydrogen-bond donors (Lipinski definition) is 2. The average molecular weight is 613 g/mol. The van der Waals surface area contributed by atoms with Crippen LogP contribution < -0.4 is 15.2 Å². The number of benzene rings is 2. The first-order valence-electron chi connectivity index (χ1n) is 14.4. The lowest BCUT2D eigenvalue weighted by atomic mass is 9.90. The van der Waals surface area contributed by atoms with Gasteiger partial charge in [-0.25, -0.2) is 4.98 Å². The number of nitrogens with one attached hydrogen (secondary N) is 1. The Kier molecular flexibility index (Phi) is 11.1. The number of aliphatic imine (C=N–C) groups is 1. The Bertz CT molecular complexity index is 1420. The van der Waals surface area contributed by atoms with E-state index in [1.165, 1.54) is 11.8 Å². The third kappa shape index (κ3) is 9.21. The van der Waals surface area contributed by atoms with Crippen molar-refractivity contribution in [2.24, 2.45) is 16.6 Å². The predicted molar refractivity (Wildman–Crippen MR) is 170 cm³/mol. The zero-order valence-electron chi connectivity index (χ0n) is 25.0. The highest BCUT2D eigenvalue weighted by Crippen LogP contribution is 2.39. The lowest BCUT2D eigenvalue weighted by molar-refractivity contribution is -0.127. The van der Waals surface area contributed by atoms with Crippen LogP contribution in [0.2, 0.25) is 0 Å². The standard InChI is InChI=1S/C32H39F3N6OS/c1-21(2)17-24-7-5-6-8-27(24)29-28(18-32(33,34)35)30(39-31(38-29)40-43-26(19-36)20-37-3)42-25-11-9-22(10-12-25)23-13-15-41(4)16-14-23/h5-12,19-21,23H,13-18,36H2,1-4H3,(H,38,39,40)/b26-19+,37-20?. The monoisotopic (exact) mass is 612 g/mol. The molecule has 7 nitrogen and oxygen atoms in total. The molecule has 230 valence electrons. The first kappa shape index (κ1) is 32.3. The molecule has 2 aromatic carbocycles. The van der Waals surface area contributed by atoms with E-state index in [4.69, 9.17) is 10.5 Å². The number of halogens is 3. The molecular weight excluding hydrogens is 573 g/mol. The van der Waals surface area contributed by atoms with E-state index in [0.717, 1.165) is 43.4 Å². The summed E-state index contributed by atoms with van der Waals surface area (Å²) in [6.07, 6.45) is -0.0466. The van der Waals surface area contributed by atoms with Gasteiger partial charge >= 0.3 is 6.18 Å². The second-order valence-corrected chi connectivity index (χ2v) is 12.0. The van der Waals surface area contributed by atoms with Gasteiger partial charge in [-0.15, -0.1) is 0 Å². The van der Waals surface area contributed by atoms with Crippen LogP contribution in [0.15, 0.2) is 64.6 Å². The second-order valence-electron chi connectivity index (χ2n) is 11.1. The Labute approximate surface area is 256 Å². The zero-order chi connectivity index (χ0) is 31.0. The van der Waals surface area contributed by atoms with Gasteiger partial charge in [-0.3, -0.25) is 9.71 Å². The van der Waals surface area contributed by atoms with Crippen LogP contribution in [0, 0.1) is 5.92 Å². The predicted octanol–water partition coefficient (Wildman–Crippen LogP) is 7.61. The average Bonchev–Trinajstić information content (AvgIpc) is 2.96. The van der Waals surface area contributed by atoms with E-state index in [9.17, 15) is 13.2 Å². The molecule has 0 saturated carbocycles. The zero-order valence-corrected chi connectivity index (χ0v) is 25.8. The maximum absolute atomic E-state index is 14.1. The van der Waals surface area contributed by atoms with Gasteiger partial charge in [-0.1, -0.05) is 50.2 Å². The highest BCUT2D eigenvalue weighted by Gasteiger charge is 2.33. The number of allylic oxidation sites excluding steroid dienone is 1. The molecule has 0 aliphatic carbocycles. The third-order valence-electron chi connectivity index (χ3n) is 7.21. The molecule has 0 spiro atoms. The summed E-state index contributed by atoms with van der Waals surface area (Å²) in [7, 11) is 3.73. The summed E-state index contributed by atoms with van der Waals surface area (Å²) in [5.41, 5.74) is 8.45. The van der Waals surface area contributed by atoms with Crippen molar-refractivity contribution in [2.45, 2.75) is 51.6 Å². The first-order chi connectivity index (χ1) is 20.6. The molecule has 3 N–H and O–H groups in total. The summed E-state index contributed by atoms with van der Waals surface area (Å²) < 4.78 is 51.4. The summed E-state index contributed by atoms with van der Waals surface area (Å²) >= 11 is 1.10. The number of nitrogens with zero attached hydrogens (tertiary/aromatic N) is 4. The SMILES string of the molecule is CN=C/C(=C\N)SNc1nc(Oc2ccc(C3CCN(C)CC3)cc2)c(CC(F)(F)F)c(-c2ccccc2CC(C)C)n1. The highest BCUT2D eigenvalue weighted by atomic mass is 32.2. The lowest BCUT2D eigenvalue weighted by Crippen LogP contribution is -2.29. The summed E-state index contributed by atoms with van der Waals surface area (Å²) in [4.78, 5) is 15.9. The minimum absolute atomic E-state index is 0.0899. The van der Waals surface area contributed by atoms with E-state index in [1.807, 2.05) is 24.3 Å². The van der Waals surface area contributed by atoms with Crippen LogP contribution in [0.25, 0.3) is 11.3 Å². The van der Waals surface area contributed by atoms with Gasteiger partial charge in [0.1, 0.15) is 5.75 Å². The van der Waals surface area contributed by atoms with Crippen molar-refractivity contribution in [2.75, 3.05) is 31.9 Å². The number of rotatable bonds is 11. The van der Waals surface area contributed by atoms with Crippen molar-refractivity contribution in [3.8, 4) is 22.9 Å². The number of hydrogen-bond acceptors (Lipinski definition) is 8. The molecule has 1 aliphatic rings. The summed E-state index contributed by atoms with van der Waals surface area (Å²) in [5.74, 6) is 1.07. The van der Waals surface area contributed by atoms with Crippen LogP contribution in [-0.2, 0) is 12.8 Å². The quantitative estimate of drug-likeness (QED) is 0.170. The van der Waals surface area contributed by atoms with Crippen LogP contribution >= 0.6 is 11.9 Å². The number of ether oxygens (including phenoxy) is 1. The molecule has 1 aromatic heterocycles. The van der Waals surface area contributed by atoms with Gasteiger partial charge in [0.25, 0.3) is 0 Å². The van der Waals surface area contributed by atoms with Gasteiger partial charge in [0, 0.05) is 25.0 Å². The molecule has 0 unspecified atom stereocenters. The third-order valence-corrected chi connectivity index (χ3v) is 7.97. The Hall–Kier alpha value is -3.57. The molecule has 1 aliphatic heterocycles. The molecule has 2 heterocycles. The van der Waals surface area contributed by atoms with E-state index < -0.39 is 12.6 Å². The second kappa shape index (κ2) is 14.7. The normalized spacial score (nSPS) is 15.4. The van der Waals surface area contributed by atoms with Gasteiger partial charge in [-0.05, 0) is 86.4 Å². The fraction of sp³-hybridized carbons (Fsp3) is 0.406. The van der Waals surface area contributed by atoms with Crippen molar-refractivity contribution in [1.82, 2.24) is 14.9 Å². The Morgan fingerprint density at radius 3 is 2.47 bits per heavy atom. The van der Waals surface area contributed by atoms with Gasteiger partial charge in [0.05, 0.1) is 22.6 Å². The molecule has 43 heavy (non-hydrogen) atoms. The topological polar surface area (TPSA) is 88.7 Å². The van der Waals surface area contributed by atoms with E-state index in [2.05, 4.69) is 45.5 Å². The maximum atomic E-state index is 14.1. The van der Waals surface area contributed by atoms with Crippen molar-refractivity contribution < 1.29 is 17.9 Å². The highest BCUT2D eigenvalue weighted by molar-refractivity contribution is 8.05. The molecule has 0 radical (unpaired) electrons. The Morgan fingerprint density at radius 2 is 1.84 bits per heavy atom. The lowest BCUT2D eigenvalue weighted by Gasteiger charge is -2.29. The molecule has 3 aromatic rings. The minimum Gasteiger partial charge on any atom is -0.439 e. The van der Waals surface area contributed by atoms with Crippen LogP contribution in [0.4, 0.5) is 19.1 Å².